The van der Waals surface area contributed by atoms with Gasteiger partial charge in [-0.1, -0.05) is 6.07 Å². The minimum atomic E-state index is -1.51. The molecular weight excluding hydrogens is 470 g/mol. The summed E-state index contributed by atoms with van der Waals surface area (Å²) < 4.78 is 21.0. The second-order valence-corrected chi connectivity index (χ2v) is 8.58. The standard InChI is InChI=1S/C22H27NO12/c1-8(24)19-17(30)18(31)22(35-19)34-11-4-2-9(6-10(11)25)3-5-12(26)23-13-14(27)16(29)21-20(15(13)28)32-7-33-21/h2-6,13-22,25,27-31H,7H2,1H3,(H,23,26)/b5-3+/t13-,14+,15-,16-,17+,18+,19-,20+,21-,22-/m1/s1. The van der Waals surface area contributed by atoms with Gasteiger partial charge in [-0.15, -0.1) is 0 Å². The number of amides is 1. The highest BCUT2D eigenvalue weighted by Crippen LogP contribution is 2.32. The molecule has 0 spiro atoms. The van der Waals surface area contributed by atoms with Gasteiger partial charge < -0.3 is 54.9 Å². The first-order chi connectivity index (χ1) is 16.6. The maximum atomic E-state index is 12.4. The number of rotatable bonds is 6. The van der Waals surface area contributed by atoms with Crippen LogP contribution in [0.1, 0.15) is 12.5 Å². The molecule has 1 amide bonds. The minimum absolute atomic E-state index is 0.0946. The van der Waals surface area contributed by atoms with Crippen LogP contribution < -0.4 is 10.1 Å². The van der Waals surface area contributed by atoms with Crippen molar-refractivity contribution in [1.29, 1.82) is 0 Å². The Morgan fingerprint density at radius 3 is 2.31 bits per heavy atom. The first-order valence-electron chi connectivity index (χ1n) is 10.9. The van der Waals surface area contributed by atoms with Gasteiger partial charge in [0.1, 0.15) is 55.6 Å². The number of aliphatic hydroxyl groups is 5. The first kappa shape index (κ1) is 25.5. The van der Waals surface area contributed by atoms with Gasteiger partial charge >= 0.3 is 0 Å². The molecule has 4 rings (SSSR count). The molecule has 192 valence electrons. The van der Waals surface area contributed by atoms with E-state index in [2.05, 4.69) is 5.32 Å². The third kappa shape index (κ3) is 5.03. The summed E-state index contributed by atoms with van der Waals surface area (Å²) in [5.41, 5.74) is 0.372. The molecule has 2 saturated heterocycles. The number of nitrogens with one attached hydrogen (secondary N) is 1. The third-order valence-electron chi connectivity index (χ3n) is 6.19. The molecule has 1 aromatic carbocycles. The Hall–Kier alpha value is -2.62. The van der Waals surface area contributed by atoms with Crippen LogP contribution in [0.15, 0.2) is 24.3 Å². The molecule has 10 atom stereocenters. The van der Waals surface area contributed by atoms with Gasteiger partial charge in [0.25, 0.3) is 0 Å². The first-order valence-corrected chi connectivity index (χ1v) is 10.9. The summed E-state index contributed by atoms with van der Waals surface area (Å²) >= 11 is 0. The Balaban J connectivity index is 1.37. The fraction of sp³-hybridized carbons (Fsp3) is 0.545. The number of ketones is 1. The monoisotopic (exact) mass is 497 g/mol. The molecule has 3 aliphatic rings. The number of carbonyl (C=O) groups excluding carboxylic acids is 2. The molecule has 13 nitrogen and oxygen atoms in total. The predicted octanol–water partition coefficient (Wildman–Crippen LogP) is -2.86. The fourth-order valence-electron chi connectivity index (χ4n) is 4.28. The summed E-state index contributed by atoms with van der Waals surface area (Å²) in [6.45, 7) is 1.05. The predicted molar refractivity (Wildman–Crippen MR) is 114 cm³/mol. The van der Waals surface area contributed by atoms with Crippen molar-refractivity contribution in [3.63, 3.8) is 0 Å². The molecule has 1 aromatic rings. The highest BCUT2D eigenvalue weighted by molar-refractivity contribution is 5.92. The van der Waals surface area contributed by atoms with E-state index in [0.29, 0.717) is 5.56 Å². The number of benzene rings is 1. The summed E-state index contributed by atoms with van der Waals surface area (Å²) in [6.07, 6.45) is -9.14. The van der Waals surface area contributed by atoms with Gasteiger partial charge in [0.15, 0.2) is 17.3 Å². The molecular formula is C22H27NO12. The van der Waals surface area contributed by atoms with Gasteiger partial charge in [-0.2, -0.15) is 0 Å². The Labute approximate surface area is 199 Å². The summed E-state index contributed by atoms with van der Waals surface area (Å²) in [4.78, 5) is 23.8. The lowest BCUT2D eigenvalue weighted by molar-refractivity contribution is -0.154. The normalized spacial score (nSPS) is 38.9. The number of carbonyl (C=O) groups is 2. The van der Waals surface area contributed by atoms with Crippen LogP contribution in [0.5, 0.6) is 11.5 Å². The van der Waals surface area contributed by atoms with Crippen molar-refractivity contribution in [2.75, 3.05) is 6.79 Å². The average Bonchev–Trinajstić information content (AvgIpc) is 3.42. The second-order valence-electron chi connectivity index (χ2n) is 8.58. The molecule has 13 heteroatoms. The fourth-order valence-corrected chi connectivity index (χ4v) is 4.28. The lowest BCUT2D eigenvalue weighted by Crippen LogP contribution is -2.67. The number of hydrogen-bond acceptors (Lipinski definition) is 12. The highest BCUT2D eigenvalue weighted by Gasteiger charge is 2.53. The summed E-state index contributed by atoms with van der Waals surface area (Å²) in [5, 5.41) is 63.4. The zero-order valence-corrected chi connectivity index (χ0v) is 18.5. The van der Waals surface area contributed by atoms with Gasteiger partial charge in [0.2, 0.25) is 12.2 Å². The van der Waals surface area contributed by atoms with Crippen molar-refractivity contribution >= 4 is 17.8 Å². The largest absolute Gasteiger partial charge is 0.504 e. The van der Waals surface area contributed by atoms with Crippen molar-refractivity contribution in [1.82, 2.24) is 5.32 Å². The highest BCUT2D eigenvalue weighted by atomic mass is 16.7. The third-order valence-corrected chi connectivity index (χ3v) is 6.19. The van der Waals surface area contributed by atoms with E-state index in [1.165, 1.54) is 31.2 Å². The number of aromatic hydroxyl groups is 1. The molecule has 0 aromatic heterocycles. The van der Waals surface area contributed by atoms with E-state index in [0.717, 1.165) is 6.08 Å². The lowest BCUT2D eigenvalue weighted by atomic mass is 9.83. The SMILES string of the molecule is CC(=O)[C@H]1O[C@@H](Oc2ccc(/C=C/C(=O)N[C@@H]3[C@H](O)[C@@H](O)[C@H]4OCO[C@H]4[C@@H]3O)cc2O)[C@@H](O)[C@@H]1O. The summed E-state index contributed by atoms with van der Waals surface area (Å²) in [7, 11) is 0. The molecule has 3 fully saturated rings. The number of hydrogen-bond donors (Lipinski definition) is 7. The lowest BCUT2D eigenvalue weighted by Gasteiger charge is -2.41. The van der Waals surface area contributed by atoms with Gasteiger partial charge in [-0.3, -0.25) is 9.59 Å². The second kappa shape index (κ2) is 10.2. The van der Waals surface area contributed by atoms with Crippen LogP contribution in [0.3, 0.4) is 0 Å². The zero-order chi connectivity index (χ0) is 25.4. The van der Waals surface area contributed by atoms with Gasteiger partial charge in [0.05, 0.1) is 6.04 Å². The van der Waals surface area contributed by atoms with E-state index >= 15 is 0 Å². The molecule has 0 bridgehead atoms. The Morgan fingerprint density at radius 1 is 1.00 bits per heavy atom. The van der Waals surface area contributed by atoms with Crippen LogP contribution >= 0.6 is 0 Å². The van der Waals surface area contributed by atoms with E-state index < -0.39 is 72.9 Å². The molecule has 2 heterocycles. The van der Waals surface area contributed by atoms with Crippen molar-refractivity contribution in [2.24, 2.45) is 0 Å². The van der Waals surface area contributed by atoms with Crippen LogP contribution in [0, 0.1) is 0 Å². The van der Waals surface area contributed by atoms with E-state index in [4.69, 9.17) is 18.9 Å². The molecule has 1 saturated carbocycles. The van der Waals surface area contributed by atoms with Crippen molar-refractivity contribution < 1.29 is 59.2 Å². The van der Waals surface area contributed by atoms with Gasteiger partial charge in [-0.05, 0) is 30.7 Å². The Bertz CT molecular complexity index is 985. The Kier molecular flexibility index (Phi) is 7.40. The summed E-state index contributed by atoms with van der Waals surface area (Å²) in [6, 6.07) is 2.85. The number of Topliss-reactive ketones (excluding diaryl/α,β-unsaturated/α-hetero) is 1. The van der Waals surface area contributed by atoms with Crippen molar-refractivity contribution in [3.8, 4) is 11.5 Å². The maximum absolute atomic E-state index is 12.4. The van der Waals surface area contributed by atoms with Crippen LogP contribution in [0.4, 0.5) is 0 Å². The number of phenols is 1. The van der Waals surface area contributed by atoms with Crippen molar-refractivity contribution in [2.45, 2.75) is 68.1 Å². The maximum Gasteiger partial charge on any atom is 0.244 e. The van der Waals surface area contributed by atoms with Crippen LogP contribution in [0.2, 0.25) is 0 Å². The molecule has 0 unspecified atom stereocenters. The number of fused-ring (bicyclic) bond motifs is 1. The molecule has 0 radical (unpaired) electrons. The smallest absolute Gasteiger partial charge is 0.244 e. The Morgan fingerprint density at radius 2 is 1.69 bits per heavy atom. The van der Waals surface area contributed by atoms with E-state index in [1.807, 2.05) is 0 Å². The van der Waals surface area contributed by atoms with Crippen LogP contribution in [0.25, 0.3) is 6.08 Å². The number of ether oxygens (including phenoxy) is 4. The number of aliphatic hydroxyl groups excluding tert-OH is 5. The quantitative estimate of drug-likeness (QED) is 0.198. The topological polar surface area (TPSA) is 204 Å². The molecule has 2 aliphatic heterocycles. The van der Waals surface area contributed by atoms with E-state index in [9.17, 15) is 40.2 Å². The van der Waals surface area contributed by atoms with Gasteiger partial charge in [0, 0.05) is 6.08 Å². The van der Waals surface area contributed by atoms with Gasteiger partial charge in [-0.25, -0.2) is 0 Å². The van der Waals surface area contributed by atoms with E-state index in [-0.39, 0.29) is 18.3 Å². The number of phenolic OH excluding ortho intramolecular Hbond substituents is 1. The van der Waals surface area contributed by atoms with Crippen LogP contribution in [-0.2, 0) is 23.8 Å². The molecule has 35 heavy (non-hydrogen) atoms. The van der Waals surface area contributed by atoms with Crippen LogP contribution in [-0.4, -0.2) is 110 Å². The molecule has 7 N–H and O–H groups in total. The minimum Gasteiger partial charge on any atom is -0.504 e. The zero-order valence-electron chi connectivity index (χ0n) is 18.5. The van der Waals surface area contributed by atoms with E-state index in [1.54, 1.807) is 0 Å². The summed E-state index contributed by atoms with van der Waals surface area (Å²) in [5.74, 6) is -1.64. The van der Waals surface area contributed by atoms with Crippen molar-refractivity contribution in [3.05, 3.63) is 29.8 Å². The molecule has 1 aliphatic carbocycles. The average molecular weight is 497 g/mol.